The third-order valence-corrected chi connectivity index (χ3v) is 4.54. The van der Waals surface area contributed by atoms with E-state index in [0.717, 1.165) is 37.1 Å². The molecule has 2 unspecified atom stereocenters. The van der Waals surface area contributed by atoms with Gasteiger partial charge in [-0.1, -0.05) is 11.6 Å². The van der Waals surface area contributed by atoms with Gasteiger partial charge in [-0.15, -0.1) is 0 Å². The molecular formula is C16H18ClFN6. The summed E-state index contributed by atoms with van der Waals surface area (Å²) in [7, 11) is 0. The lowest BCUT2D eigenvalue weighted by molar-refractivity contribution is 0.476. The average Bonchev–Trinajstić information content (AvgIpc) is 3.01. The molecule has 0 amide bonds. The predicted molar refractivity (Wildman–Crippen MR) is 91.6 cm³/mol. The Bertz CT molecular complexity index is 738. The van der Waals surface area contributed by atoms with Gasteiger partial charge in [0.05, 0.1) is 11.2 Å². The number of hydrogen-bond acceptors (Lipinski definition) is 6. The van der Waals surface area contributed by atoms with Gasteiger partial charge in [0.15, 0.2) is 17.5 Å². The molecule has 6 nitrogen and oxygen atoms in total. The lowest BCUT2D eigenvalue weighted by Gasteiger charge is -2.24. The summed E-state index contributed by atoms with van der Waals surface area (Å²) in [6, 6.07) is 0.173. The number of rotatable bonds is 3. The summed E-state index contributed by atoms with van der Waals surface area (Å²) in [6.07, 6.45) is 8.63. The molecular weight excluding hydrogens is 331 g/mol. The first-order chi connectivity index (χ1) is 11.7. The Balaban J connectivity index is 1.60. The molecule has 0 aliphatic carbocycles. The van der Waals surface area contributed by atoms with E-state index in [2.05, 4.69) is 31.2 Å². The van der Waals surface area contributed by atoms with Crippen molar-refractivity contribution in [2.24, 2.45) is 0 Å². The van der Waals surface area contributed by atoms with Crippen molar-refractivity contribution in [3.8, 4) is 0 Å². The highest BCUT2D eigenvalue weighted by Gasteiger charge is 2.28. The van der Waals surface area contributed by atoms with E-state index < -0.39 is 5.82 Å². The van der Waals surface area contributed by atoms with E-state index in [1.165, 1.54) is 6.20 Å². The minimum atomic E-state index is -0.443. The number of nitrogens with zero attached hydrogens (tertiary/aromatic N) is 2. The third-order valence-electron chi connectivity index (χ3n) is 4.32. The number of piperidine rings is 1. The van der Waals surface area contributed by atoms with Crippen LogP contribution in [0.2, 0.25) is 0 Å². The first-order valence-corrected chi connectivity index (χ1v) is 8.38. The van der Waals surface area contributed by atoms with Crippen LogP contribution in [0.1, 0.15) is 18.7 Å². The van der Waals surface area contributed by atoms with E-state index in [1.807, 2.05) is 12.3 Å². The van der Waals surface area contributed by atoms with Crippen LogP contribution >= 0.6 is 11.6 Å². The summed E-state index contributed by atoms with van der Waals surface area (Å²) in [6.45, 7) is 1.81. The molecule has 0 aromatic carbocycles. The second-order valence-electron chi connectivity index (χ2n) is 6.03. The molecule has 3 aliphatic rings. The topological polar surface area (TPSA) is 73.9 Å². The largest absolute Gasteiger partial charge is 0.367 e. The molecule has 0 radical (unpaired) electrons. The highest BCUT2D eigenvalue weighted by molar-refractivity contribution is 6.31. The zero-order valence-electron chi connectivity index (χ0n) is 12.9. The van der Waals surface area contributed by atoms with Crippen LogP contribution in [0, 0.1) is 5.82 Å². The first-order valence-electron chi connectivity index (χ1n) is 8.01. The summed E-state index contributed by atoms with van der Waals surface area (Å²) in [5.41, 5.74) is 1.75. The van der Waals surface area contributed by atoms with Gasteiger partial charge in [0.2, 0.25) is 0 Å². The van der Waals surface area contributed by atoms with Gasteiger partial charge in [0.1, 0.15) is 6.17 Å². The Morgan fingerprint density at radius 1 is 1.29 bits per heavy atom. The van der Waals surface area contributed by atoms with Crippen molar-refractivity contribution >= 4 is 23.0 Å². The van der Waals surface area contributed by atoms with Crippen LogP contribution in [0.15, 0.2) is 35.3 Å². The molecule has 8 heteroatoms. The van der Waals surface area contributed by atoms with Crippen LogP contribution in [-0.4, -0.2) is 35.3 Å². The van der Waals surface area contributed by atoms with Crippen molar-refractivity contribution in [2.45, 2.75) is 25.0 Å². The molecule has 0 saturated carbocycles. The van der Waals surface area contributed by atoms with Crippen molar-refractivity contribution in [1.82, 2.24) is 25.9 Å². The second kappa shape index (κ2) is 6.41. The molecule has 126 valence electrons. The lowest BCUT2D eigenvalue weighted by Crippen LogP contribution is -2.38. The van der Waals surface area contributed by atoms with Crippen molar-refractivity contribution in [3.63, 3.8) is 0 Å². The van der Waals surface area contributed by atoms with E-state index in [-0.39, 0.29) is 18.0 Å². The Morgan fingerprint density at radius 2 is 2.17 bits per heavy atom. The number of nitrogens with one attached hydrogen (secondary N) is 4. The standard InChI is InChI=1S/C16H18ClFN6/c17-9-4-11-12(7-21-14(11)20-5-9)15-22-8-13(18)16(24-15)23-10-2-1-3-19-6-10/h4-5,7-8,10,14,19-21H,1-3,6H2,(H,22,23,24). The number of aromatic nitrogens is 2. The van der Waals surface area contributed by atoms with Crippen molar-refractivity contribution in [3.05, 3.63) is 46.9 Å². The molecule has 4 rings (SSSR count). The minimum Gasteiger partial charge on any atom is -0.367 e. The van der Waals surface area contributed by atoms with Crippen molar-refractivity contribution in [1.29, 1.82) is 0 Å². The molecule has 0 spiro atoms. The molecule has 1 fully saturated rings. The van der Waals surface area contributed by atoms with Crippen LogP contribution in [0.4, 0.5) is 10.2 Å². The minimum absolute atomic E-state index is 0.0601. The second-order valence-corrected chi connectivity index (χ2v) is 6.47. The van der Waals surface area contributed by atoms with Crippen LogP contribution in [-0.2, 0) is 0 Å². The highest BCUT2D eigenvalue weighted by atomic mass is 35.5. The zero-order valence-corrected chi connectivity index (χ0v) is 13.7. The normalized spacial score (nSPS) is 25.7. The van der Waals surface area contributed by atoms with E-state index in [1.54, 1.807) is 6.20 Å². The fourth-order valence-electron chi connectivity index (χ4n) is 3.11. The smallest absolute Gasteiger partial charge is 0.183 e. The quantitative estimate of drug-likeness (QED) is 0.666. The lowest BCUT2D eigenvalue weighted by atomic mass is 10.0. The molecule has 0 bridgehead atoms. The fraction of sp³-hybridized carbons (Fsp3) is 0.375. The fourth-order valence-corrected chi connectivity index (χ4v) is 3.29. The maximum atomic E-state index is 14.1. The van der Waals surface area contributed by atoms with Gasteiger partial charge in [-0.25, -0.2) is 14.4 Å². The van der Waals surface area contributed by atoms with Gasteiger partial charge in [-0.3, -0.25) is 0 Å². The summed E-state index contributed by atoms with van der Waals surface area (Å²) in [5.74, 6) is 0.266. The monoisotopic (exact) mass is 348 g/mol. The molecule has 4 N–H and O–H groups in total. The van der Waals surface area contributed by atoms with E-state index >= 15 is 0 Å². The maximum absolute atomic E-state index is 14.1. The predicted octanol–water partition coefficient (Wildman–Crippen LogP) is 1.66. The molecule has 3 aliphatic heterocycles. The first kappa shape index (κ1) is 15.4. The van der Waals surface area contributed by atoms with Crippen LogP contribution in [0.5, 0.6) is 0 Å². The summed E-state index contributed by atoms with van der Waals surface area (Å²) >= 11 is 6.07. The van der Waals surface area contributed by atoms with Crippen LogP contribution in [0.25, 0.3) is 5.57 Å². The Hall–Kier alpha value is -2.12. The van der Waals surface area contributed by atoms with Gasteiger partial charge in [0, 0.05) is 36.1 Å². The van der Waals surface area contributed by atoms with Gasteiger partial charge >= 0.3 is 0 Å². The zero-order chi connectivity index (χ0) is 16.5. The number of dihydropyridines is 1. The van der Waals surface area contributed by atoms with Gasteiger partial charge < -0.3 is 21.3 Å². The molecule has 1 saturated heterocycles. The van der Waals surface area contributed by atoms with Crippen LogP contribution < -0.4 is 21.3 Å². The van der Waals surface area contributed by atoms with Gasteiger partial charge in [-0.2, -0.15) is 0 Å². The van der Waals surface area contributed by atoms with Crippen molar-refractivity contribution in [2.75, 3.05) is 18.4 Å². The summed E-state index contributed by atoms with van der Waals surface area (Å²) in [4.78, 5) is 8.55. The Kier molecular flexibility index (Phi) is 4.12. The molecule has 24 heavy (non-hydrogen) atoms. The number of fused-ring (bicyclic) bond motifs is 1. The number of allylic oxidation sites excluding steroid dienone is 2. The van der Waals surface area contributed by atoms with Gasteiger partial charge in [0.25, 0.3) is 0 Å². The molecule has 1 aromatic rings. The van der Waals surface area contributed by atoms with Crippen LogP contribution in [0.3, 0.4) is 0 Å². The van der Waals surface area contributed by atoms with E-state index in [9.17, 15) is 4.39 Å². The SMILES string of the molecule is Fc1cnc(C2=CNC3NC=C(Cl)C=C23)nc1NC1CCCNC1. The molecule has 2 atom stereocenters. The van der Waals surface area contributed by atoms with E-state index in [0.29, 0.717) is 10.9 Å². The van der Waals surface area contributed by atoms with Crippen molar-refractivity contribution < 1.29 is 4.39 Å². The number of hydrogen-bond donors (Lipinski definition) is 4. The highest BCUT2D eigenvalue weighted by Crippen LogP contribution is 2.31. The Labute approximate surface area is 144 Å². The van der Waals surface area contributed by atoms with E-state index in [4.69, 9.17) is 11.6 Å². The molecule has 4 heterocycles. The number of anilines is 1. The maximum Gasteiger partial charge on any atom is 0.183 e. The summed E-state index contributed by atoms with van der Waals surface area (Å²) in [5, 5.41) is 13.4. The summed E-state index contributed by atoms with van der Waals surface area (Å²) < 4.78 is 14.1. The molecule has 1 aromatic heterocycles. The Morgan fingerprint density at radius 3 is 3.00 bits per heavy atom. The average molecular weight is 349 g/mol. The van der Waals surface area contributed by atoms with Gasteiger partial charge in [-0.05, 0) is 25.5 Å². The number of halogens is 2. The third kappa shape index (κ3) is 2.97.